The molecule has 0 saturated carbocycles. The molecule has 2 fully saturated rings. The summed E-state index contributed by atoms with van der Waals surface area (Å²) in [4.78, 5) is 28.0. The Hall–Kier alpha value is -3.07. The molecule has 5 rings (SSSR count). The fourth-order valence-corrected chi connectivity index (χ4v) is 5.01. The zero-order valence-corrected chi connectivity index (χ0v) is 18.1. The number of carbonyl (C=O) groups excluding carboxylic acids is 1. The molecule has 2 saturated heterocycles. The number of aromatic nitrogens is 2. The highest BCUT2D eigenvalue weighted by molar-refractivity contribution is 5.86. The highest BCUT2D eigenvalue weighted by Crippen LogP contribution is 2.44. The van der Waals surface area contributed by atoms with Crippen molar-refractivity contribution in [3.8, 4) is 0 Å². The monoisotopic (exact) mass is 438 g/mol. The molecule has 0 radical (unpaired) electrons. The minimum absolute atomic E-state index is 0.115. The zero-order chi connectivity index (χ0) is 22.1. The number of fused-ring (bicyclic) bond motifs is 2. The molecular weight excluding hydrogens is 411 g/mol. The van der Waals surface area contributed by atoms with Gasteiger partial charge in [0.15, 0.2) is 11.6 Å². The van der Waals surface area contributed by atoms with Crippen LogP contribution in [0, 0.1) is 17.2 Å². The number of ether oxygens (including phenoxy) is 1. The van der Waals surface area contributed by atoms with Crippen LogP contribution in [0.3, 0.4) is 0 Å². The molecule has 0 amide bonds. The maximum absolute atomic E-state index is 14.6. The van der Waals surface area contributed by atoms with Crippen LogP contribution < -0.4 is 15.5 Å². The first kappa shape index (κ1) is 20.8. The molecule has 3 aliphatic rings. The van der Waals surface area contributed by atoms with E-state index < -0.39 is 11.2 Å². The van der Waals surface area contributed by atoms with Crippen LogP contribution in [0.1, 0.15) is 30.9 Å². The number of aliphatic imine (C=N–C) groups is 1. The van der Waals surface area contributed by atoms with Crippen molar-refractivity contribution < 1.29 is 13.9 Å². The van der Waals surface area contributed by atoms with Crippen molar-refractivity contribution in [1.29, 1.82) is 0 Å². The van der Waals surface area contributed by atoms with Gasteiger partial charge in [0.1, 0.15) is 0 Å². The number of halogens is 1. The Bertz CT molecular complexity index is 1060. The third kappa shape index (κ3) is 3.70. The molecule has 2 aromatic rings. The van der Waals surface area contributed by atoms with Crippen LogP contribution in [-0.2, 0) is 16.1 Å². The number of carbonyl (C=O) groups is 1. The second kappa shape index (κ2) is 8.46. The molecule has 1 unspecified atom stereocenters. The van der Waals surface area contributed by atoms with E-state index in [0.717, 1.165) is 36.3 Å². The van der Waals surface area contributed by atoms with E-state index in [1.807, 2.05) is 36.2 Å². The summed E-state index contributed by atoms with van der Waals surface area (Å²) in [6, 6.07) is 5.81. The lowest BCUT2D eigenvalue weighted by Crippen LogP contribution is -2.41. The summed E-state index contributed by atoms with van der Waals surface area (Å²) in [5.41, 5.74) is 2.31. The predicted molar refractivity (Wildman–Crippen MR) is 120 cm³/mol. The number of anilines is 3. The number of hydrogen-bond donors (Lipinski definition) is 2. The van der Waals surface area contributed by atoms with E-state index >= 15 is 0 Å². The molecule has 1 aromatic carbocycles. The van der Waals surface area contributed by atoms with Gasteiger partial charge in [0.05, 0.1) is 24.8 Å². The molecule has 4 heterocycles. The molecule has 8 nitrogen and oxygen atoms in total. The summed E-state index contributed by atoms with van der Waals surface area (Å²) < 4.78 is 20.0. The molecule has 0 aliphatic carbocycles. The van der Waals surface area contributed by atoms with Crippen LogP contribution in [-0.4, -0.2) is 54.9 Å². The van der Waals surface area contributed by atoms with Crippen LogP contribution in [0.15, 0.2) is 29.4 Å². The number of rotatable bonds is 5. The Morgan fingerprint density at radius 2 is 2.31 bits per heavy atom. The van der Waals surface area contributed by atoms with Gasteiger partial charge in [0.2, 0.25) is 5.95 Å². The smallest absolute Gasteiger partial charge is 0.314 e. The van der Waals surface area contributed by atoms with Gasteiger partial charge in [-0.3, -0.25) is 9.79 Å². The highest BCUT2D eigenvalue weighted by atomic mass is 19.1. The summed E-state index contributed by atoms with van der Waals surface area (Å²) in [5, 5.41) is 6.46. The van der Waals surface area contributed by atoms with Crippen molar-refractivity contribution in [2.75, 3.05) is 43.0 Å². The van der Waals surface area contributed by atoms with Crippen molar-refractivity contribution in [3.63, 3.8) is 0 Å². The fraction of sp³-hybridized carbons (Fsp3) is 0.478. The van der Waals surface area contributed by atoms with E-state index in [1.54, 1.807) is 0 Å². The molecule has 3 aliphatic heterocycles. The largest absolute Gasteiger partial charge is 0.466 e. The van der Waals surface area contributed by atoms with Gasteiger partial charge in [-0.05, 0) is 62.0 Å². The molecule has 168 valence electrons. The summed E-state index contributed by atoms with van der Waals surface area (Å²) in [7, 11) is 0. The molecule has 9 heteroatoms. The summed E-state index contributed by atoms with van der Waals surface area (Å²) in [6.45, 7) is 5.60. The first-order chi connectivity index (χ1) is 15.6. The van der Waals surface area contributed by atoms with Crippen molar-refractivity contribution in [2.24, 2.45) is 16.3 Å². The zero-order valence-electron chi connectivity index (χ0n) is 18.1. The fourth-order valence-electron chi connectivity index (χ4n) is 5.01. The first-order valence-electron chi connectivity index (χ1n) is 11.1. The van der Waals surface area contributed by atoms with E-state index in [2.05, 4.69) is 25.6 Å². The standard InChI is InChI=1S/C23H27FN6O2/c1-2-32-21(31)23-6-8-25-7-5-17(23)13-30(14-23)22-27-12-19(24)20(29-22)28-18-4-3-15-10-26-11-16(15)9-18/h3-4,9,11-12,17,25H,2,5-8,10,13-14H2,1H3,(H,27,28,29)/t17?,23-/m0/s1. The number of benzene rings is 1. The Morgan fingerprint density at radius 3 is 3.19 bits per heavy atom. The van der Waals surface area contributed by atoms with Crippen molar-refractivity contribution in [1.82, 2.24) is 15.3 Å². The number of nitrogens with one attached hydrogen (secondary N) is 2. The SMILES string of the molecule is CCOC(=O)[C@]12CCNCCC1CN(c1ncc(F)c(Nc3ccc4c(c3)C=NC4)n1)C2. The van der Waals surface area contributed by atoms with Gasteiger partial charge in [-0.1, -0.05) is 6.07 Å². The van der Waals surface area contributed by atoms with Crippen molar-refractivity contribution >= 4 is 29.6 Å². The van der Waals surface area contributed by atoms with Crippen molar-refractivity contribution in [2.45, 2.75) is 26.3 Å². The molecule has 32 heavy (non-hydrogen) atoms. The van der Waals surface area contributed by atoms with Gasteiger partial charge in [-0.2, -0.15) is 4.98 Å². The topological polar surface area (TPSA) is 91.7 Å². The molecule has 0 bridgehead atoms. The van der Waals surface area contributed by atoms with Crippen LogP contribution in [0.25, 0.3) is 0 Å². The van der Waals surface area contributed by atoms with Gasteiger partial charge in [-0.15, -0.1) is 0 Å². The molecule has 2 atom stereocenters. The predicted octanol–water partition coefficient (Wildman–Crippen LogP) is 2.66. The normalized spacial score (nSPS) is 24.1. The highest BCUT2D eigenvalue weighted by Gasteiger charge is 2.53. The summed E-state index contributed by atoms with van der Waals surface area (Å²) >= 11 is 0. The Kier molecular flexibility index (Phi) is 5.50. The van der Waals surface area contributed by atoms with Gasteiger partial charge in [0, 0.05) is 25.0 Å². The van der Waals surface area contributed by atoms with Crippen LogP contribution in [0.5, 0.6) is 0 Å². The lowest BCUT2D eigenvalue weighted by molar-refractivity contribution is -0.157. The maximum atomic E-state index is 14.6. The van der Waals surface area contributed by atoms with Crippen LogP contribution >= 0.6 is 0 Å². The van der Waals surface area contributed by atoms with Crippen LogP contribution in [0.4, 0.5) is 21.8 Å². The first-order valence-corrected chi connectivity index (χ1v) is 11.1. The summed E-state index contributed by atoms with van der Waals surface area (Å²) in [5.74, 6) is -0.0140. The van der Waals surface area contributed by atoms with E-state index in [1.165, 1.54) is 6.20 Å². The lowest BCUT2D eigenvalue weighted by atomic mass is 9.74. The molecular formula is C23H27FN6O2. The van der Waals surface area contributed by atoms with Crippen LogP contribution in [0.2, 0.25) is 0 Å². The Labute approximate surface area is 186 Å². The molecule has 1 aromatic heterocycles. The van der Waals surface area contributed by atoms with Gasteiger partial charge < -0.3 is 20.3 Å². The van der Waals surface area contributed by atoms with E-state index in [-0.39, 0.29) is 17.7 Å². The van der Waals surface area contributed by atoms with E-state index in [4.69, 9.17) is 4.74 Å². The third-order valence-corrected chi connectivity index (χ3v) is 6.71. The van der Waals surface area contributed by atoms with Crippen molar-refractivity contribution in [3.05, 3.63) is 41.3 Å². The number of hydrogen-bond acceptors (Lipinski definition) is 8. The third-order valence-electron chi connectivity index (χ3n) is 6.71. The Balaban J connectivity index is 1.40. The summed E-state index contributed by atoms with van der Waals surface area (Å²) in [6.07, 6.45) is 4.58. The number of nitrogens with zero attached hydrogens (tertiary/aromatic N) is 4. The van der Waals surface area contributed by atoms with E-state index in [0.29, 0.717) is 38.6 Å². The number of esters is 1. The average Bonchev–Trinajstić information content (AvgIpc) is 3.35. The second-order valence-electron chi connectivity index (χ2n) is 8.62. The second-order valence-corrected chi connectivity index (χ2v) is 8.62. The minimum Gasteiger partial charge on any atom is -0.466 e. The maximum Gasteiger partial charge on any atom is 0.314 e. The minimum atomic E-state index is -0.593. The van der Waals surface area contributed by atoms with E-state index in [9.17, 15) is 9.18 Å². The Morgan fingerprint density at radius 1 is 1.41 bits per heavy atom. The lowest BCUT2D eigenvalue weighted by Gasteiger charge is -2.30. The quantitative estimate of drug-likeness (QED) is 0.694. The van der Waals surface area contributed by atoms with Gasteiger partial charge >= 0.3 is 5.97 Å². The molecule has 2 N–H and O–H groups in total. The van der Waals surface area contributed by atoms with Gasteiger partial charge in [0.25, 0.3) is 0 Å². The average molecular weight is 439 g/mol. The molecule has 0 spiro atoms. The van der Waals surface area contributed by atoms with Gasteiger partial charge in [-0.25, -0.2) is 9.37 Å².